The molecule has 2 fully saturated rings. The number of para-hydroxylation sites is 1. The van der Waals surface area contributed by atoms with Gasteiger partial charge in [-0.2, -0.15) is 0 Å². The maximum atomic E-state index is 12.1. The molecule has 2 aromatic carbocycles. The van der Waals surface area contributed by atoms with E-state index in [1.807, 2.05) is 37.4 Å². The average Bonchev–Trinajstić information content (AvgIpc) is 3.81. The summed E-state index contributed by atoms with van der Waals surface area (Å²) < 4.78 is 4.91. The fourth-order valence-electron chi connectivity index (χ4n) is 3.58. The highest BCUT2D eigenvalue weighted by Gasteiger charge is 2.20. The van der Waals surface area contributed by atoms with E-state index in [0.717, 1.165) is 24.9 Å². The smallest absolute Gasteiger partial charge is 0.251 e. The third kappa shape index (κ3) is 12.7. The number of amides is 2. The van der Waals surface area contributed by atoms with Crippen LogP contribution in [0, 0.1) is 0 Å². The van der Waals surface area contributed by atoms with E-state index in [2.05, 4.69) is 22.5 Å². The van der Waals surface area contributed by atoms with Gasteiger partial charge in [0.05, 0.1) is 19.3 Å². The van der Waals surface area contributed by atoms with Gasteiger partial charge >= 0.3 is 0 Å². The van der Waals surface area contributed by atoms with Gasteiger partial charge in [0.2, 0.25) is 5.91 Å². The van der Waals surface area contributed by atoms with E-state index in [4.69, 9.17) is 16.3 Å². The number of methoxy groups -OCH3 is 1. The van der Waals surface area contributed by atoms with Crippen molar-refractivity contribution in [2.75, 3.05) is 58.4 Å². The Kier molecular flexibility index (Phi) is 14.5. The van der Waals surface area contributed by atoms with Crippen molar-refractivity contribution in [2.45, 2.75) is 32.2 Å². The SMILES string of the molecule is CCCNC1CC1.CN1CCN(C(=O)CNC(=O)c2ccc(N(N)/C=C\N)cc2)CC1.COc1ccccc1. The van der Waals surface area contributed by atoms with Crippen LogP contribution in [0.2, 0.25) is 0 Å². The number of likely N-dealkylation sites (N-methyl/N-ethyl adjacent to an activating group) is 1. The number of rotatable bonds is 9. The van der Waals surface area contributed by atoms with Crippen molar-refractivity contribution < 1.29 is 14.3 Å². The third-order valence-corrected chi connectivity index (χ3v) is 6.17. The highest BCUT2D eigenvalue weighted by molar-refractivity contribution is 5.96. The molecule has 10 nitrogen and oxygen atoms in total. The second-order valence-corrected chi connectivity index (χ2v) is 9.41. The standard InChI is InChI=1S/C16H24N6O2.C7H8O.C6H13N/c1-20-8-10-21(11-9-20)15(23)12-19-16(24)13-2-4-14(5-3-13)22(18)7-6-17;1-8-7-5-3-2-4-6-7;1-2-5-7-6-3-4-6/h2-7H,8-12,17-18H2,1H3,(H,19,24);2-6H,1H3;6-7H,2-5H2,1H3/b7-6-;;. The van der Waals surface area contributed by atoms with Crippen LogP contribution in [0.15, 0.2) is 67.0 Å². The second kappa shape index (κ2) is 17.8. The first-order valence-corrected chi connectivity index (χ1v) is 13.5. The Bertz CT molecular complexity index is 990. The first-order chi connectivity index (χ1) is 18.9. The molecule has 10 heteroatoms. The van der Waals surface area contributed by atoms with Gasteiger partial charge in [0.25, 0.3) is 5.91 Å². The molecule has 1 saturated heterocycles. The maximum Gasteiger partial charge on any atom is 0.251 e. The number of ether oxygens (including phenoxy) is 1. The van der Waals surface area contributed by atoms with Gasteiger partial charge in [-0.15, -0.1) is 0 Å². The third-order valence-electron chi connectivity index (χ3n) is 6.17. The summed E-state index contributed by atoms with van der Waals surface area (Å²) in [5, 5.41) is 7.41. The molecule has 39 heavy (non-hydrogen) atoms. The molecule has 1 aliphatic carbocycles. The predicted molar refractivity (Wildman–Crippen MR) is 157 cm³/mol. The molecule has 0 bridgehead atoms. The van der Waals surface area contributed by atoms with Crippen LogP contribution in [-0.4, -0.2) is 81.1 Å². The number of hydrazine groups is 1. The molecule has 2 amide bonds. The number of nitrogens with one attached hydrogen (secondary N) is 2. The highest BCUT2D eigenvalue weighted by atomic mass is 16.5. The number of carbonyl (C=O) groups is 2. The van der Waals surface area contributed by atoms with E-state index < -0.39 is 0 Å². The molecule has 0 radical (unpaired) electrons. The van der Waals surface area contributed by atoms with E-state index in [1.54, 1.807) is 36.3 Å². The van der Waals surface area contributed by atoms with Crippen molar-refractivity contribution in [3.8, 4) is 5.75 Å². The number of benzene rings is 2. The van der Waals surface area contributed by atoms with Gasteiger partial charge in [0.1, 0.15) is 5.75 Å². The number of piperazine rings is 1. The van der Waals surface area contributed by atoms with Gasteiger partial charge in [-0.3, -0.25) is 14.6 Å². The molecule has 1 heterocycles. The first kappa shape index (κ1) is 31.6. The van der Waals surface area contributed by atoms with Gasteiger partial charge in [0.15, 0.2) is 0 Å². The van der Waals surface area contributed by atoms with Crippen LogP contribution < -0.4 is 32.0 Å². The minimum atomic E-state index is -0.290. The lowest BCUT2D eigenvalue weighted by Gasteiger charge is -2.32. The number of hydrogen-bond acceptors (Lipinski definition) is 8. The molecule has 4 rings (SSSR count). The van der Waals surface area contributed by atoms with Crippen molar-refractivity contribution in [3.63, 3.8) is 0 Å². The van der Waals surface area contributed by atoms with Crippen LogP contribution in [0.1, 0.15) is 36.5 Å². The Morgan fingerprint density at radius 1 is 1.05 bits per heavy atom. The molecule has 0 spiro atoms. The lowest BCUT2D eigenvalue weighted by atomic mass is 10.2. The fourth-order valence-corrected chi connectivity index (χ4v) is 3.58. The minimum absolute atomic E-state index is 0.00320. The van der Waals surface area contributed by atoms with Crippen LogP contribution in [0.3, 0.4) is 0 Å². The number of anilines is 1. The number of carbonyl (C=O) groups excluding carboxylic acids is 2. The second-order valence-electron chi connectivity index (χ2n) is 9.41. The Hall–Kier alpha value is -3.60. The van der Waals surface area contributed by atoms with Crippen LogP contribution in [0.4, 0.5) is 5.69 Å². The summed E-state index contributed by atoms with van der Waals surface area (Å²) in [5.41, 5.74) is 6.44. The lowest BCUT2D eigenvalue weighted by molar-refractivity contribution is -0.131. The summed E-state index contributed by atoms with van der Waals surface area (Å²) in [4.78, 5) is 28.2. The molecule has 2 aromatic rings. The lowest BCUT2D eigenvalue weighted by Crippen LogP contribution is -2.50. The molecule has 1 saturated carbocycles. The first-order valence-electron chi connectivity index (χ1n) is 13.5. The summed E-state index contributed by atoms with van der Waals surface area (Å²) in [7, 11) is 3.69. The molecule has 0 atom stereocenters. The summed E-state index contributed by atoms with van der Waals surface area (Å²) in [5.74, 6) is 6.29. The predicted octanol–water partition coefficient (Wildman–Crippen LogP) is 2.14. The highest BCUT2D eigenvalue weighted by Crippen LogP contribution is 2.18. The molecule has 214 valence electrons. The van der Waals surface area contributed by atoms with Crippen molar-refractivity contribution in [3.05, 3.63) is 72.6 Å². The summed E-state index contributed by atoms with van der Waals surface area (Å²) in [6.07, 6.45) is 6.94. The molecular weight excluding hydrogens is 494 g/mol. The zero-order valence-electron chi connectivity index (χ0n) is 23.5. The van der Waals surface area contributed by atoms with E-state index in [0.29, 0.717) is 24.3 Å². The quantitative estimate of drug-likeness (QED) is 0.282. The van der Waals surface area contributed by atoms with E-state index in [1.165, 1.54) is 43.2 Å². The van der Waals surface area contributed by atoms with E-state index in [-0.39, 0.29) is 18.4 Å². The minimum Gasteiger partial charge on any atom is -0.497 e. The Morgan fingerprint density at radius 2 is 1.69 bits per heavy atom. The molecule has 1 aliphatic heterocycles. The average molecular weight is 540 g/mol. The molecule has 2 aliphatic rings. The molecule has 0 aromatic heterocycles. The van der Waals surface area contributed by atoms with Crippen LogP contribution in [0.25, 0.3) is 0 Å². The summed E-state index contributed by atoms with van der Waals surface area (Å²) in [6.45, 7) is 6.52. The van der Waals surface area contributed by atoms with Crippen molar-refractivity contribution in [1.29, 1.82) is 0 Å². The normalized spacial score (nSPS) is 14.9. The molecule has 0 unspecified atom stereocenters. The zero-order chi connectivity index (χ0) is 28.5. The van der Waals surface area contributed by atoms with Crippen LogP contribution in [-0.2, 0) is 4.79 Å². The monoisotopic (exact) mass is 539 g/mol. The van der Waals surface area contributed by atoms with Crippen LogP contribution in [0.5, 0.6) is 5.75 Å². The van der Waals surface area contributed by atoms with Gasteiger partial charge in [0, 0.05) is 50.2 Å². The Labute approximate surface area is 232 Å². The maximum absolute atomic E-state index is 12.1. The van der Waals surface area contributed by atoms with Crippen molar-refractivity contribution in [2.24, 2.45) is 11.6 Å². The van der Waals surface area contributed by atoms with Crippen molar-refractivity contribution >= 4 is 17.5 Å². The molecule has 6 N–H and O–H groups in total. The number of nitrogens with two attached hydrogens (primary N) is 2. The van der Waals surface area contributed by atoms with Gasteiger partial charge in [-0.1, -0.05) is 25.1 Å². The van der Waals surface area contributed by atoms with Gasteiger partial charge < -0.3 is 30.9 Å². The Balaban J connectivity index is 0.000000286. The van der Waals surface area contributed by atoms with Crippen molar-refractivity contribution in [1.82, 2.24) is 20.4 Å². The topological polar surface area (TPSA) is 129 Å². The zero-order valence-corrected chi connectivity index (χ0v) is 23.5. The van der Waals surface area contributed by atoms with Gasteiger partial charge in [-0.25, -0.2) is 5.84 Å². The van der Waals surface area contributed by atoms with E-state index >= 15 is 0 Å². The van der Waals surface area contributed by atoms with Gasteiger partial charge in [-0.05, 0) is 69.3 Å². The van der Waals surface area contributed by atoms with Crippen LogP contribution >= 0.6 is 0 Å². The molecular formula is C29H45N7O3. The number of hydrogen-bond donors (Lipinski definition) is 4. The summed E-state index contributed by atoms with van der Waals surface area (Å²) in [6, 6.07) is 17.3. The largest absolute Gasteiger partial charge is 0.497 e. The number of nitrogens with zero attached hydrogens (tertiary/aromatic N) is 3. The Morgan fingerprint density at radius 3 is 2.21 bits per heavy atom. The summed E-state index contributed by atoms with van der Waals surface area (Å²) >= 11 is 0. The van der Waals surface area contributed by atoms with E-state index in [9.17, 15) is 9.59 Å². The fraction of sp³-hybridized carbons (Fsp3) is 0.448.